The maximum absolute atomic E-state index is 10.1. The minimum absolute atomic E-state index is 0. The largest absolute Gasteiger partial charge is 0 e. The van der Waals surface area contributed by atoms with E-state index in [9.17, 15) is 20.9 Å². The average molecular weight is 804 g/mol. The molecule has 0 fully saturated rings. The van der Waals surface area contributed by atoms with Crippen LogP contribution in [0.4, 0.5) is 0 Å². The van der Waals surface area contributed by atoms with E-state index < -0.39 is 50.5 Å². The summed E-state index contributed by atoms with van der Waals surface area (Å²) in [5, 5.41) is 8.32. The van der Waals surface area contributed by atoms with E-state index in [2.05, 4.69) is 8.25 Å². The van der Waals surface area contributed by atoms with Gasteiger partial charge in [0.1, 0.15) is 5.69 Å². The van der Waals surface area contributed by atoms with E-state index in [0.29, 0.717) is 0 Å². The van der Waals surface area contributed by atoms with Crippen LogP contribution in [0.15, 0.2) is 24.4 Å². The Hall–Kier alpha value is 1.50. The molecule has 18 nitrogen and oxygen atoms in total. The molecule has 1 heterocycles. The van der Waals surface area contributed by atoms with Crippen LogP contribution in [0.25, 0.3) is 0 Å². The number of hydrogen-bond acceptors (Lipinski definition) is 11. The normalized spacial score (nSPS) is 9.64. The van der Waals surface area contributed by atoms with Crippen molar-refractivity contribution in [2.45, 2.75) is 0 Å². The number of aromatic carboxylic acids is 1. The second kappa shape index (κ2) is 25.2. The first-order valence-corrected chi connectivity index (χ1v) is 12.2. The van der Waals surface area contributed by atoms with Crippen molar-refractivity contribution in [2.24, 2.45) is 0 Å². The molecule has 0 aliphatic rings. The molecule has 0 aromatic carbocycles. The molecule has 27 heteroatoms. The van der Waals surface area contributed by atoms with E-state index in [1.54, 1.807) is 12.1 Å². The number of aromatic nitrogens is 1. The maximum atomic E-state index is 10.1. The summed E-state index contributed by atoms with van der Waals surface area (Å²) >= 11 is -5.79. The Morgan fingerprint density at radius 3 is 1.30 bits per heavy atom. The van der Waals surface area contributed by atoms with Crippen molar-refractivity contribution in [3.8, 4) is 0 Å². The second-order valence-electron chi connectivity index (χ2n) is 3.34. The van der Waals surface area contributed by atoms with Crippen LogP contribution < -0.4 is 0 Å². The van der Waals surface area contributed by atoms with Gasteiger partial charge in [-0.3, -0.25) is 18.2 Å². The molecule has 0 unspecified atom stereocenters. The van der Waals surface area contributed by atoms with Gasteiger partial charge in [-0.25, -0.2) is 9.78 Å². The van der Waals surface area contributed by atoms with Crippen molar-refractivity contribution >= 4 is 80.1 Å². The van der Waals surface area contributed by atoms with Crippen molar-refractivity contribution in [2.75, 3.05) is 0 Å². The third-order valence-corrected chi connectivity index (χ3v) is 3.56. The van der Waals surface area contributed by atoms with Gasteiger partial charge in [0.2, 0.25) is 0 Å². The van der Waals surface area contributed by atoms with Crippen LogP contribution in [0.2, 0.25) is 0 Å². The molecule has 1 rings (SSSR count). The fourth-order valence-electron chi connectivity index (χ4n) is 0.598. The summed E-state index contributed by atoms with van der Waals surface area (Å²) in [6, 6.07) is 4.76. The van der Waals surface area contributed by atoms with E-state index in [1.807, 2.05) is 0 Å². The Bertz CT molecular complexity index is 965. The Labute approximate surface area is 256 Å². The van der Waals surface area contributed by atoms with Gasteiger partial charge in [-0.15, -0.1) is 0 Å². The van der Waals surface area contributed by atoms with Crippen molar-refractivity contribution < 1.29 is 144 Å². The molecule has 0 saturated carbocycles. The summed E-state index contributed by atoms with van der Waals surface area (Å²) in [7, 11) is -14.4. The van der Waals surface area contributed by atoms with Gasteiger partial charge in [0.15, 0.2) is 0 Å². The van der Waals surface area contributed by atoms with Gasteiger partial charge in [0.05, 0.1) is 0 Å². The zero-order chi connectivity index (χ0) is 23.4. The molecule has 0 bridgehead atoms. The number of rotatable bonds is 3. The van der Waals surface area contributed by atoms with E-state index in [1.165, 1.54) is 12.3 Å². The van der Waals surface area contributed by atoms with Gasteiger partial charge in [0.25, 0.3) is 0 Å². The van der Waals surface area contributed by atoms with Crippen LogP contribution >= 0.6 is 0 Å². The first-order valence-electron chi connectivity index (χ1n) is 5.21. The fourth-order valence-corrected chi connectivity index (χ4v) is 2.18. The monoisotopic (exact) mass is 803 g/mol. The molecule has 0 aliphatic heterocycles. The van der Waals surface area contributed by atoms with Crippen molar-refractivity contribution in [1.29, 1.82) is 0 Å². The molecule has 1 aromatic heterocycles. The number of hydrogen-bond donors (Lipinski definition) is 7. The molecule has 194 valence electrons. The summed E-state index contributed by atoms with van der Waals surface area (Å²) in [6.45, 7) is 0. The van der Waals surface area contributed by atoms with Crippen LogP contribution in [-0.4, -0.2) is 111 Å². The van der Waals surface area contributed by atoms with Crippen LogP contribution in [0.3, 0.4) is 0 Å². The summed E-state index contributed by atoms with van der Waals surface area (Å²) in [5.41, 5.74) is 0.0810. The molecule has 33 heavy (non-hydrogen) atoms. The Morgan fingerprint density at radius 2 is 1.21 bits per heavy atom. The molecular formula is C6H12CrCuMnNNaO17S3SeZn. The van der Waals surface area contributed by atoms with Gasteiger partial charge < -0.3 is 5.11 Å². The van der Waals surface area contributed by atoms with E-state index >= 15 is 0 Å². The number of nitrogens with zero attached hydrogens (tertiary/aromatic N) is 1. The molecule has 2 radical (unpaired) electrons. The standard InChI is InChI=1S/C6H5NO2.Cr.Cu.Mn.Na.H2O7SSe.2H2O4S.Zn.H/c8-6(9)5-3-1-2-4-7-5;;;;;1-8(2,3)7-9(4,5)6;2*1-5(2,3)4;;/h1-4H,(H,8,9);;;;;(H,1,2,3)(H,4,5,6);2*(H2,1,2,3,4);;. The van der Waals surface area contributed by atoms with Gasteiger partial charge in [0, 0.05) is 77.2 Å². The number of carboxylic acid groups (broad SMARTS) is 1. The maximum Gasteiger partial charge on any atom is 0 e. The first-order chi connectivity index (χ1) is 12.0. The minimum atomic E-state index is -5.79. The van der Waals surface area contributed by atoms with E-state index in [-0.39, 0.29) is 106 Å². The summed E-state index contributed by atoms with van der Waals surface area (Å²) < 4.78 is 119. The molecule has 7 N–H and O–H groups in total. The predicted molar refractivity (Wildman–Crippen MR) is 88.7 cm³/mol. The first kappa shape index (κ1) is 55.1. The second-order valence-corrected chi connectivity index (χ2v) is 8.77. The third kappa shape index (κ3) is 87.4. The van der Waals surface area contributed by atoms with Crippen LogP contribution in [0, 0.1) is 0 Å². The Balaban J connectivity index is -0.0000000414. The Morgan fingerprint density at radius 1 is 0.909 bits per heavy atom. The predicted octanol–water partition coefficient (Wildman–Crippen LogP) is -3.09. The summed E-state index contributed by atoms with van der Waals surface area (Å²) in [4.78, 5) is 13.7. The number of carbonyl (C=O) groups is 1. The van der Waals surface area contributed by atoms with Gasteiger partial charge in [-0.2, -0.15) is 16.8 Å². The van der Waals surface area contributed by atoms with Crippen LogP contribution in [0.5, 0.6) is 0 Å². The van der Waals surface area contributed by atoms with Gasteiger partial charge in [-0.1, -0.05) is 6.07 Å². The third-order valence-electron chi connectivity index (χ3n) is 1.06. The van der Waals surface area contributed by atoms with Crippen LogP contribution in [0.1, 0.15) is 10.5 Å². The topological polar surface area (TPSA) is 317 Å². The van der Waals surface area contributed by atoms with Crippen molar-refractivity contribution in [1.82, 2.24) is 4.98 Å². The SMILES string of the molecule is O=C(O)c1ccccn1.O=S(=O)(O)O.O=S(=O)(O)O.O=S(=O)(O)O[Se](=O)(=O)O.[Cr].[Cu].[Mn].[NaH].[Zn]. The van der Waals surface area contributed by atoms with Crippen LogP contribution in [-0.2, 0) is 113 Å². The van der Waals surface area contributed by atoms with Crippen molar-refractivity contribution in [3.63, 3.8) is 0 Å². The fraction of sp³-hybridized carbons (Fsp3) is 0. The molecule has 0 aliphatic carbocycles. The zero-order valence-electron chi connectivity index (χ0n) is 14.4. The number of pyridine rings is 1. The van der Waals surface area contributed by atoms with E-state index in [0.717, 1.165) is 0 Å². The average Bonchev–Trinajstić information content (AvgIpc) is 2.31. The molecular weight excluding hydrogens is 792 g/mol. The van der Waals surface area contributed by atoms with E-state index in [4.69, 9.17) is 48.9 Å². The molecule has 0 amide bonds. The molecule has 1 aromatic rings. The molecule has 0 atom stereocenters. The molecule has 0 saturated heterocycles. The Kier molecular flexibility index (Phi) is 42.0. The quantitative estimate of drug-likeness (QED) is 0.118. The molecule has 0 spiro atoms. The smallest absolute Gasteiger partial charge is 0 e. The van der Waals surface area contributed by atoms with Crippen molar-refractivity contribution in [3.05, 3.63) is 30.1 Å². The van der Waals surface area contributed by atoms with Gasteiger partial charge in [-0.05, 0) is 12.1 Å². The van der Waals surface area contributed by atoms with Gasteiger partial charge >= 0.3 is 108 Å². The number of carboxylic acids is 1. The summed E-state index contributed by atoms with van der Waals surface area (Å²) in [5.74, 6) is -0.990. The summed E-state index contributed by atoms with van der Waals surface area (Å²) in [6.07, 6.45) is 1.45. The minimum Gasteiger partial charge on any atom is 0 e. The zero-order valence-corrected chi connectivity index (χ0v) is 24.9.